The van der Waals surface area contributed by atoms with Crippen molar-refractivity contribution in [2.45, 2.75) is 25.8 Å². The largest absolute Gasteiger partial charge is 0.326 e. The van der Waals surface area contributed by atoms with Crippen LogP contribution in [-0.2, 0) is 9.59 Å². The molecule has 0 saturated carbocycles. The normalized spacial score (nSPS) is 16.2. The molecule has 0 radical (unpaired) electrons. The van der Waals surface area contributed by atoms with Crippen LogP contribution in [0, 0.1) is 5.92 Å². The van der Waals surface area contributed by atoms with E-state index in [0.29, 0.717) is 0 Å². The molecule has 4 rings (SSSR count). The summed E-state index contributed by atoms with van der Waals surface area (Å²) >= 11 is 0. The van der Waals surface area contributed by atoms with Crippen molar-refractivity contribution in [2.75, 3.05) is 23.7 Å². The highest BCUT2D eigenvalue weighted by Gasteiger charge is 2.29. The molecular weight excluding hydrogens is 374 g/mol. The van der Waals surface area contributed by atoms with Crippen LogP contribution in [0.1, 0.15) is 19.8 Å². The Balaban J connectivity index is 1.30. The van der Waals surface area contributed by atoms with Gasteiger partial charge in [0, 0.05) is 17.3 Å². The SMILES string of the molecule is C[C@H](C(=O)Nc1ccc2ccccc2c1)N1CCC(C(=O)Nc2ccccc2)CC1. The van der Waals surface area contributed by atoms with Crippen molar-refractivity contribution < 1.29 is 9.59 Å². The number of amides is 2. The molecule has 154 valence electrons. The molecule has 1 heterocycles. The number of nitrogens with zero attached hydrogens (tertiary/aromatic N) is 1. The van der Waals surface area contributed by atoms with Crippen LogP contribution in [0.15, 0.2) is 72.8 Å². The molecule has 1 aliphatic heterocycles. The molecule has 0 aromatic heterocycles. The molecule has 3 aromatic rings. The van der Waals surface area contributed by atoms with Gasteiger partial charge in [0.2, 0.25) is 11.8 Å². The highest BCUT2D eigenvalue weighted by molar-refractivity contribution is 5.97. The fourth-order valence-corrected chi connectivity index (χ4v) is 3.99. The van der Waals surface area contributed by atoms with Gasteiger partial charge in [0.1, 0.15) is 0 Å². The standard InChI is InChI=1S/C25H27N3O2/c1-18(24(29)27-23-12-11-19-7-5-6-8-21(19)17-23)28-15-13-20(14-16-28)25(30)26-22-9-3-2-4-10-22/h2-12,17-18,20H,13-16H2,1H3,(H,26,30)(H,27,29)/t18-/m1/s1. The second-order valence-electron chi connectivity index (χ2n) is 7.89. The van der Waals surface area contributed by atoms with Gasteiger partial charge in [0.05, 0.1) is 6.04 Å². The molecule has 0 spiro atoms. The number of anilines is 2. The summed E-state index contributed by atoms with van der Waals surface area (Å²) in [5.41, 5.74) is 1.63. The van der Waals surface area contributed by atoms with Crippen molar-refractivity contribution in [1.82, 2.24) is 4.90 Å². The van der Waals surface area contributed by atoms with Gasteiger partial charge >= 0.3 is 0 Å². The number of fused-ring (bicyclic) bond motifs is 1. The summed E-state index contributed by atoms with van der Waals surface area (Å²) in [5, 5.41) is 8.28. The van der Waals surface area contributed by atoms with Crippen LogP contribution < -0.4 is 10.6 Å². The maximum Gasteiger partial charge on any atom is 0.241 e. The van der Waals surface area contributed by atoms with E-state index in [4.69, 9.17) is 0 Å². The monoisotopic (exact) mass is 401 g/mol. The van der Waals surface area contributed by atoms with E-state index in [-0.39, 0.29) is 23.8 Å². The van der Waals surface area contributed by atoms with Crippen molar-refractivity contribution in [3.63, 3.8) is 0 Å². The van der Waals surface area contributed by atoms with E-state index in [2.05, 4.69) is 21.6 Å². The number of carbonyl (C=O) groups excluding carboxylic acids is 2. The second kappa shape index (κ2) is 9.09. The Morgan fingerprint density at radius 2 is 1.50 bits per heavy atom. The van der Waals surface area contributed by atoms with Crippen molar-refractivity contribution in [3.8, 4) is 0 Å². The molecule has 5 heteroatoms. The smallest absolute Gasteiger partial charge is 0.241 e. The zero-order valence-corrected chi connectivity index (χ0v) is 17.2. The lowest BCUT2D eigenvalue weighted by molar-refractivity contribution is -0.123. The lowest BCUT2D eigenvalue weighted by atomic mass is 9.94. The van der Waals surface area contributed by atoms with Crippen LogP contribution in [0.3, 0.4) is 0 Å². The number of rotatable bonds is 5. The average molecular weight is 402 g/mol. The summed E-state index contributed by atoms with van der Waals surface area (Å²) in [7, 11) is 0. The number of nitrogens with one attached hydrogen (secondary N) is 2. The first-order valence-electron chi connectivity index (χ1n) is 10.5. The summed E-state index contributed by atoms with van der Waals surface area (Å²) in [4.78, 5) is 27.4. The molecule has 0 aliphatic carbocycles. The molecule has 3 aromatic carbocycles. The first-order chi connectivity index (χ1) is 14.6. The summed E-state index contributed by atoms with van der Waals surface area (Å²) in [6.45, 7) is 3.40. The number of piperidine rings is 1. The Labute approximate surface area is 177 Å². The van der Waals surface area contributed by atoms with Gasteiger partial charge in [-0.3, -0.25) is 14.5 Å². The van der Waals surface area contributed by atoms with E-state index in [1.807, 2.05) is 73.7 Å². The summed E-state index contributed by atoms with van der Waals surface area (Å²) in [6, 6.07) is 23.4. The third kappa shape index (κ3) is 4.69. The van der Waals surface area contributed by atoms with Crippen LogP contribution in [0.5, 0.6) is 0 Å². The Kier molecular flexibility index (Phi) is 6.10. The van der Waals surface area contributed by atoms with E-state index < -0.39 is 0 Å². The molecule has 0 unspecified atom stereocenters. The minimum Gasteiger partial charge on any atom is -0.326 e. The zero-order chi connectivity index (χ0) is 20.9. The van der Waals surface area contributed by atoms with E-state index in [0.717, 1.165) is 48.1 Å². The maximum atomic E-state index is 12.8. The summed E-state index contributed by atoms with van der Waals surface area (Å²) < 4.78 is 0. The molecular formula is C25H27N3O2. The number of carbonyl (C=O) groups is 2. The minimum atomic E-state index is -0.241. The predicted molar refractivity (Wildman–Crippen MR) is 121 cm³/mol. The fraction of sp³-hybridized carbons (Fsp3) is 0.280. The molecule has 1 saturated heterocycles. The van der Waals surface area contributed by atoms with Gasteiger partial charge in [-0.1, -0.05) is 48.5 Å². The van der Waals surface area contributed by atoms with E-state index >= 15 is 0 Å². The number of hydrogen-bond donors (Lipinski definition) is 2. The molecule has 5 nitrogen and oxygen atoms in total. The summed E-state index contributed by atoms with van der Waals surface area (Å²) in [6.07, 6.45) is 1.51. The Bertz CT molecular complexity index is 1030. The first kappa shape index (κ1) is 20.1. The first-order valence-corrected chi connectivity index (χ1v) is 10.5. The maximum absolute atomic E-state index is 12.8. The number of para-hydroxylation sites is 1. The molecule has 1 fully saturated rings. The lowest BCUT2D eigenvalue weighted by Crippen LogP contribution is -2.47. The number of benzene rings is 3. The Morgan fingerprint density at radius 1 is 0.833 bits per heavy atom. The highest BCUT2D eigenvalue weighted by Crippen LogP contribution is 2.23. The van der Waals surface area contributed by atoms with Crippen molar-refractivity contribution in [1.29, 1.82) is 0 Å². The quantitative estimate of drug-likeness (QED) is 0.661. The topological polar surface area (TPSA) is 61.4 Å². The van der Waals surface area contributed by atoms with Gasteiger partial charge in [-0.15, -0.1) is 0 Å². The van der Waals surface area contributed by atoms with Crippen LogP contribution >= 0.6 is 0 Å². The average Bonchev–Trinajstić information content (AvgIpc) is 2.79. The summed E-state index contributed by atoms with van der Waals surface area (Å²) in [5.74, 6) is 0.0313. The van der Waals surface area contributed by atoms with E-state index in [1.165, 1.54) is 0 Å². The molecule has 1 atom stereocenters. The van der Waals surface area contributed by atoms with Gasteiger partial charge in [-0.2, -0.15) is 0 Å². The van der Waals surface area contributed by atoms with Crippen LogP contribution in [0.4, 0.5) is 11.4 Å². The molecule has 2 amide bonds. The molecule has 1 aliphatic rings. The second-order valence-corrected chi connectivity index (χ2v) is 7.89. The fourth-order valence-electron chi connectivity index (χ4n) is 3.99. The van der Waals surface area contributed by atoms with E-state index in [1.54, 1.807) is 0 Å². The van der Waals surface area contributed by atoms with E-state index in [9.17, 15) is 9.59 Å². The Morgan fingerprint density at radius 3 is 2.23 bits per heavy atom. The van der Waals surface area contributed by atoms with Crippen LogP contribution in [-0.4, -0.2) is 35.8 Å². The zero-order valence-electron chi connectivity index (χ0n) is 17.2. The molecule has 30 heavy (non-hydrogen) atoms. The van der Waals surface area contributed by atoms with Crippen molar-refractivity contribution in [3.05, 3.63) is 72.8 Å². The van der Waals surface area contributed by atoms with Crippen LogP contribution in [0.25, 0.3) is 10.8 Å². The van der Waals surface area contributed by atoms with Gasteiger partial charge in [-0.25, -0.2) is 0 Å². The Hall–Kier alpha value is -3.18. The minimum absolute atomic E-state index is 0.0162. The van der Waals surface area contributed by atoms with Crippen LogP contribution in [0.2, 0.25) is 0 Å². The number of hydrogen-bond acceptors (Lipinski definition) is 3. The predicted octanol–water partition coefficient (Wildman–Crippen LogP) is 4.52. The van der Waals surface area contributed by atoms with Crippen molar-refractivity contribution >= 4 is 34.0 Å². The van der Waals surface area contributed by atoms with Gasteiger partial charge < -0.3 is 10.6 Å². The number of likely N-dealkylation sites (tertiary alicyclic amines) is 1. The molecule has 0 bridgehead atoms. The molecule has 2 N–H and O–H groups in total. The highest BCUT2D eigenvalue weighted by atomic mass is 16.2. The third-order valence-corrected chi connectivity index (χ3v) is 5.89. The van der Waals surface area contributed by atoms with Gasteiger partial charge in [0.25, 0.3) is 0 Å². The lowest BCUT2D eigenvalue weighted by Gasteiger charge is -2.34. The van der Waals surface area contributed by atoms with Gasteiger partial charge in [-0.05, 0) is 67.9 Å². The third-order valence-electron chi connectivity index (χ3n) is 5.89. The van der Waals surface area contributed by atoms with Crippen molar-refractivity contribution in [2.24, 2.45) is 5.92 Å². The van der Waals surface area contributed by atoms with Gasteiger partial charge in [0.15, 0.2) is 0 Å².